The summed E-state index contributed by atoms with van der Waals surface area (Å²) in [5.41, 5.74) is 0. The first-order valence-electron chi connectivity index (χ1n) is 4.22. The maximum atomic E-state index is 11.4. The van der Waals surface area contributed by atoms with Gasteiger partial charge in [0.1, 0.15) is 5.75 Å². The molecule has 0 aromatic carbocycles. The maximum absolute atomic E-state index is 11.4. The molecule has 0 unspecified atom stereocenters. The Balaban J connectivity index is 2.87. The van der Waals surface area contributed by atoms with Gasteiger partial charge in [0.15, 0.2) is 9.84 Å². The number of carbonyl (C=O) groups is 1. The van der Waals surface area contributed by atoms with Crippen molar-refractivity contribution in [1.29, 1.82) is 0 Å². The van der Waals surface area contributed by atoms with Crippen LogP contribution in [0.1, 0.15) is 30.3 Å². The molecule has 1 heterocycles. The maximum Gasteiger partial charge on any atom is 0.373 e. The van der Waals surface area contributed by atoms with Gasteiger partial charge >= 0.3 is 5.97 Å². The lowest BCUT2D eigenvalue weighted by Crippen LogP contribution is -2.16. The van der Waals surface area contributed by atoms with E-state index in [2.05, 4.69) is 4.98 Å². The second-order valence-corrected chi connectivity index (χ2v) is 5.84. The van der Waals surface area contributed by atoms with Crippen LogP contribution in [0.5, 0.6) is 0 Å². The molecule has 0 radical (unpaired) electrons. The number of sulfone groups is 1. The van der Waals surface area contributed by atoms with Crippen LogP contribution in [0.25, 0.3) is 0 Å². The highest BCUT2D eigenvalue weighted by Crippen LogP contribution is 2.11. The van der Waals surface area contributed by atoms with Crippen molar-refractivity contribution in [3.8, 4) is 0 Å². The van der Waals surface area contributed by atoms with Gasteiger partial charge in [-0.2, -0.15) is 0 Å². The van der Waals surface area contributed by atoms with E-state index in [0.717, 1.165) is 6.20 Å². The molecule has 1 rings (SSSR count). The number of carboxylic acid groups (broad SMARTS) is 1. The Hall–Kier alpha value is -1.37. The molecule has 7 heteroatoms. The minimum absolute atomic E-state index is 0.0962. The summed E-state index contributed by atoms with van der Waals surface area (Å²) in [5.74, 6) is -2.10. The van der Waals surface area contributed by atoms with E-state index < -0.39 is 21.1 Å². The van der Waals surface area contributed by atoms with Crippen LogP contribution in [0, 0.1) is 0 Å². The summed E-state index contributed by atoms with van der Waals surface area (Å²) >= 11 is 0. The number of hydrogen-bond acceptors (Lipinski definition) is 5. The largest absolute Gasteiger partial charge is 0.475 e. The molecule has 15 heavy (non-hydrogen) atoms. The molecular formula is C8H11NO5S. The van der Waals surface area contributed by atoms with Gasteiger partial charge in [0.2, 0.25) is 11.7 Å². The lowest BCUT2D eigenvalue weighted by molar-refractivity contribution is 0.0660. The number of carboxylic acids is 1. The standard InChI is InChI=1S/C8H11NO5S/c1-5(2)15(12,13)4-7-9-3-6(14-7)8(10)11/h3,5H,4H2,1-2H3,(H,10,11). The predicted molar refractivity (Wildman–Crippen MR) is 51.2 cm³/mol. The normalized spacial score (nSPS) is 11.9. The summed E-state index contributed by atoms with van der Waals surface area (Å²) in [6, 6.07) is 0. The lowest BCUT2D eigenvalue weighted by Gasteiger charge is -2.03. The second kappa shape index (κ2) is 4.01. The fourth-order valence-electron chi connectivity index (χ4n) is 0.815. The van der Waals surface area contributed by atoms with Crippen LogP contribution in [0.15, 0.2) is 10.6 Å². The monoisotopic (exact) mass is 233 g/mol. The highest BCUT2D eigenvalue weighted by molar-refractivity contribution is 7.91. The number of rotatable bonds is 4. The Labute approximate surface area is 86.9 Å². The van der Waals surface area contributed by atoms with Gasteiger partial charge in [-0.15, -0.1) is 0 Å². The summed E-state index contributed by atoms with van der Waals surface area (Å²) in [7, 11) is -3.31. The van der Waals surface area contributed by atoms with E-state index in [1.54, 1.807) is 0 Å². The Morgan fingerprint density at radius 3 is 2.60 bits per heavy atom. The molecule has 0 aliphatic heterocycles. The van der Waals surface area contributed by atoms with Crippen molar-refractivity contribution in [3.63, 3.8) is 0 Å². The molecule has 0 fully saturated rings. The summed E-state index contributed by atoms with van der Waals surface area (Å²) in [6.45, 7) is 3.08. The van der Waals surface area contributed by atoms with Gasteiger partial charge < -0.3 is 9.52 Å². The zero-order valence-corrected chi connectivity index (χ0v) is 9.11. The molecule has 0 saturated carbocycles. The fraction of sp³-hybridized carbons (Fsp3) is 0.500. The van der Waals surface area contributed by atoms with E-state index in [1.807, 2.05) is 0 Å². The molecule has 1 aromatic heterocycles. The first-order chi connectivity index (χ1) is 6.83. The molecule has 84 valence electrons. The zero-order chi connectivity index (χ0) is 11.6. The van der Waals surface area contributed by atoms with Crippen LogP contribution in [0.2, 0.25) is 0 Å². The van der Waals surface area contributed by atoms with Crippen LogP contribution in [0.4, 0.5) is 0 Å². The average molecular weight is 233 g/mol. The summed E-state index contributed by atoms with van der Waals surface area (Å²) in [5, 5.41) is 7.98. The van der Waals surface area contributed by atoms with E-state index in [9.17, 15) is 13.2 Å². The molecule has 0 atom stereocenters. The molecule has 0 spiro atoms. The van der Waals surface area contributed by atoms with E-state index >= 15 is 0 Å². The van der Waals surface area contributed by atoms with Crippen LogP contribution in [0.3, 0.4) is 0 Å². The topological polar surface area (TPSA) is 97.5 Å². The molecule has 0 amide bonds. The molecule has 0 aliphatic carbocycles. The number of hydrogen-bond donors (Lipinski definition) is 1. The Bertz CT molecular complexity index is 459. The Morgan fingerprint density at radius 1 is 1.60 bits per heavy atom. The Morgan fingerprint density at radius 2 is 2.20 bits per heavy atom. The summed E-state index contributed by atoms with van der Waals surface area (Å²) in [6.07, 6.45) is 0.994. The number of aromatic nitrogens is 1. The molecule has 0 aliphatic rings. The third-order valence-electron chi connectivity index (χ3n) is 1.81. The van der Waals surface area contributed by atoms with Crippen molar-refractivity contribution in [2.24, 2.45) is 0 Å². The van der Waals surface area contributed by atoms with Gasteiger partial charge in [0.05, 0.1) is 11.4 Å². The summed E-state index contributed by atoms with van der Waals surface area (Å²) in [4.78, 5) is 14.0. The molecule has 6 nitrogen and oxygen atoms in total. The van der Waals surface area contributed by atoms with E-state index in [1.165, 1.54) is 13.8 Å². The highest BCUT2D eigenvalue weighted by Gasteiger charge is 2.21. The van der Waals surface area contributed by atoms with Crippen molar-refractivity contribution in [1.82, 2.24) is 4.98 Å². The number of nitrogens with zero attached hydrogens (tertiary/aromatic N) is 1. The smallest absolute Gasteiger partial charge is 0.373 e. The van der Waals surface area contributed by atoms with Gasteiger partial charge in [-0.25, -0.2) is 18.2 Å². The second-order valence-electron chi connectivity index (χ2n) is 3.28. The van der Waals surface area contributed by atoms with Crippen LogP contribution in [-0.4, -0.2) is 29.7 Å². The van der Waals surface area contributed by atoms with E-state index in [4.69, 9.17) is 9.52 Å². The SMILES string of the molecule is CC(C)S(=O)(=O)Cc1ncc(C(=O)O)o1. The number of aromatic carboxylic acids is 1. The van der Waals surface area contributed by atoms with Gasteiger partial charge in [-0.3, -0.25) is 0 Å². The van der Waals surface area contributed by atoms with Crippen molar-refractivity contribution >= 4 is 15.8 Å². The predicted octanol–water partition coefficient (Wildman–Crippen LogP) is 0.696. The zero-order valence-electron chi connectivity index (χ0n) is 8.30. The molecular weight excluding hydrogens is 222 g/mol. The molecule has 1 N–H and O–H groups in total. The first-order valence-corrected chi connectivity index (χ1v) is 5.94. The molecule has 0 bridgehead atoms. The highest BCUT2D eigenvalue weighted by atomic mass is 32.2. The minimum atomic E-state index is -3.31. The first kappa shape index (κ1) is 11.7. The van der Waals surface area contributed by atoms with Crippen molar-refractivity contribution < 1.29 is 22.7 Å². The van der Waals surface area contributed by atoms with E-state index in [0.29, 0.717) is 0 Å². The fourth-order valence-corrected chi connectivity index (χ4v) is 1.63. The van der Waals surface area contributed by atoms with Crippen LogP contribution < -0.4 is 0 Å². The van der Waals surface area contributed by atoms with Crippen molar-refractivity contribution in [2.75, 3.05) is 0 Å². The lowest BCUT2D eigenvalue weighted by atomic mass is 10.5. The third kappa shape index (κ3) is 2.79. The quantitative estimate of drug-likeness (QED) is 0.821. The van der Waals surface area contributed by atoms with Gasteiger partial charge in [-0.1, -0.05) is 0 Å². The van der Waals surface area contributed by atoms with Crippen LogP contribution in [-0.2, 0) is 15.6 Å². The summed E-state index contributed by atoms with van der Waals surface area (Å²) < 4.78 is 27.6. The van der Waals surface area contributed by atoms with Crippen molar-refractivity contribution in [3.05, 3.63) is 17.8 Å². The van der Waals surface area contributed by atoms with Gasteiger partial charge in [0, 0.05) is 0 Å². The molecule has 1 aromatic rings. The van der Waals surface area contributed by atoms with E-state index in [-0.39, 0.29) is 17.4 Å². The Kier molecular flexibility index (Phi) is 3.13. The number of oxazole rings is 1. The minimum Gasteiger partial charge on any atom is -0.475 e. The third-order valence-corrected chi connectivity index (χ3v) is 3.89. The van der Waals surface area contributed by atoms with Gasteiger partial charge in [-0.05, 0) is 13.8 Å². The average Bonchev–Trinajstić information content (AvgIpc) is 2.51. The van der Waals surface area contributed by atoms with Crippen LogP contribution >= 0.6 is 0 Å². The molecule has 0 saturated heterocycles. The van der Waals surface area contributed by atoms with Gasteiger partial charge in [0.25, 0.3) is 0 Å². The van der Waals surface area contributed by atoms with Crippen molar-refractivity contribution in [2.45, 2.75) is 24.9 Å².